The van der Waals surface area contributed by atoms with Gasteiger partial charge in [-0.25, -0.2) is 4.39 Å². The van der Waals surface area contributed by atoms with Crippen LogP contribution in [0.4, 0.5) is 10.1 Å². The Labute approximate surface area is 128 Å². The minimum atomic E-state index is -0.420. The summed E-state index contributed by atoms with van der Waals surface area (Å²) in [6.45, 7) is 0. The van der Waals surface area contributed by atoms with E-state index in [1.807, 2.05) is 43.3 Å². The van der Waals surface area contributed by atoms with Crippen LogP contribution < -0.4 is 4.90 Å². The highest BCUT2D eigenvalue weighted by Gasteiger charge is 2.07. The summed E-state index contributed by atoms with van der Waals surface area (Å²) in [4.78, 5) is 2.00. The molecule has 0 radical (unpaired) electrons. The summed E-state index contributed by atoms with van der Waals surface area (Å²) >= 11 is 6.00. The highest BCUT2D eigenvalue weighted by molar-refractivity contribution is 6.32. The molecule has 0 bridgehead atoms. The van der Waals surface area contributed by atoms with Gasteiger partial charge in [-0.1, -0.05) is 23.7 Å². The van der Waals surface area contributed by atoms with Gasteiger partial charge in [0.2, 0.25) is 0 Å². The molecule has 0 aromatic heterocycles. The molecule has 0 saturated carbocycles. The zero-order valence-corrected chi connectivity index (χ0v) is 12.5. The van der Waals surface area contributed by atoms with E-state index >= 15 is 0 Å². The standard InChI is InChI=1S/C17H14ClFN2/c1-21(2)15-6-3-12(4-7-15)9-13(11-20)16-8-5-14(19)10-17(16)18/h3-10H,1-2H3/b13-9+. The van der Waals surface area contributed by atoms with Crippen molar-refractivity contribution >= 4 is 28.9 Å². The molecule has 0 aliphatic rings. The molecule has 21 heavy (non-hydrogen) atoms. The molecule has 0 atom stereocenters. The van der Waals surface area contributed by atoms with Gasteiger partial charge < -0.3 is 4.90 Å². The summed E-state index contributed by atoms with van der Waals surface area (Å²) in [5.41, 5.74) is 2.89. The second-order valence-corrected chi connectivity index (χ2v) is 5.19. The Morgan fingerprint density at radius 3 is 2.38 bits per heavy atom. The fourth-order valence-corrected chi connectivity index (χ4v) is 2.18. The lowest BCUT2D eigenvalue weighted by molar-refractivity contribution is 0.628. The zero-order valence-electron chi connectivity index (χ0n) is 11.8. The normalized spacial score (nSPS) is 11.1. The lowest BCUT2D eigenvalue weighted by atomic mass is 10.0. The second kappa shape index (κ2) is 6.43. The zero-order chi connectivity index (χ0) is 15.4. The van der Waals surface area contributed by atoms with E-state index in [4.69, 9.17) is 11.6 Å². The Kier molecular flexibility index (Phi) is 4.62. The van der Waals surface area contributed by atoms with Crippen LogP contribution in [0.5, 0.6) is 0 Å². The van der Waals surface area contributed by atoms with Crippen LogP contribution >= 0.6 is 11.6 Å². The Bertz CT molecular complexity index is 713. The largest absolute Gasteiger partial charge is 0.378 e. The van der Waals surface area contributed by atoms with E-state index in [1.54, 1.807) is 6.08 Å². The van der Waals surface area contributed by atoms with Gasteiger partial charge in [0.05, 0.1) is 16.7 Å². The van der Waals surface area contributed by atoms with Gasteiger partial charge in [0.1, 0.15) is 5.82 Å². The Balaban J connectivity index is 2.39. The molecule has 2 aromatic rings. The Hall–Kier alpha value is -2.31. The first-order valence-electron chi connectivity index (χ1n) is 6.36. The monoisotopic (exact) mass is 300 g/mol. The van der Waals surface area contributed by atoms with Crippen molar-refractivity contribution in [3.8, 4) is 6.07 Å². The molecule has 0 heterocycles. The number of hydrogen-bond acceptors (Lipinski definition) is 2. The smallest absolute Gasteiger partial charge is 0.124 e. The van der Waals surface area contributed by atoms with Crippen LogP contribution in [0.25, 0.3) is 11.6 Å². The fraction of sp³-hybridized carbons (Fsp3) is 0.118. The van der Waals surface area contributed by atoms with Gasteiger partial charge in [0.25, 0.3) is 0 Å². The van der Waals surface area contributed by atoms with Crippen molar-refractivity contribution < 1.29 is 4.39 Å². The van der Waals surface area contributed by atoms with Crippen molar-refractivity contribution in [2.45, 2.75) is 0 Å². The first kappa shape index (κ1) is 15.1. The minimum Gasteiger partial charge on any atom is -0.378 e. The maximum Gasteiger partial charge on any atom is 0.124 e. The number of nitrogens with zero attached hydrogens (tertiary/aromatic N) is 2. The molecule has 0 aliphatic heterocycles. The molecule has 106 valence electrons. The number of benzene rings is 2. The summed E-state index contributed by atoms with van der Waals surface area (Å²) < 4.78 is 13.1. The third-order valence-corrected chi connectivity index (χ3v) is 3.37. The highest BCUT2D eigenvalue weighted by atomic mass is 35.5. The van der Waals surface area contributed by atoms with Crippen LogP contribution in [0.15, 0.2) is 42.5 Å². The van der Waals surface area contributed by atoms with Crippen molar-refractivity contribution in [1.82, 2.24) is 0 Å². The first-order chi connectivity index (χ1) is 10.0. The molecule has 0 amide bonds. The number of allylic oxidation sites excluding steroid dienone is 1. The van der Waals surface area contributed by atoms with E-state index in [9.17, 15) is 9.65 Å². The molecule has 0 spiro atoms. The number of anilines is 1. The molecular formula is C17H14ClFN2. The van der Waals surface area contributed by atoms with E-state index in [2.05, 4.69) is 6.07 Å². The molecule has 4 heteroatoms. The summed E-state index contributed by atoms with van der Waals surface area (Å²) in [7, 11) is 3.92. The van der Waals surface area contributed by atoms with E-state index in [0.29, 0.717) is 11.1 Å². The van der Waals surface area contributed by atoms with Crippen LogP contribution in [0.2, 0.25) is 5.02 Å². The average Bonchev–Trinajstić information content (AvgIpc) is 2.46. The fourth-order valence-electron chi connectivity index (χ4n) is 1.91. The molecule has 2 nitrogen and oxygen atoms in total. The Morgan fingerprint density at radius 1 is 1.19 bits per heavy atom. The molecule has 0 aliphatic carbocycles. The molecule has 0 unspecified atom stereocenters. The summed E-state index contributed by atoms with van der Waals surface area (Å²) in [6, 6.07) is 13.9. The van der Waals surface area contributed by atoms with Crippen molar-refractivity contribution in [2.75, 3.05) is 19.0 Å². The molecule has 0 fully saturated rings. The van der Waals surface area contributed by atoms with Crippen molar-refractivity contribution in [3.63, 3.8) is 0 Å². The van der Waals surface area contributed by atoms with E-state index in [1.165, 1.54) is 18.2 Å². The Morgan fingerprint density at radius 2 is 1.86 bits per heavy atom. The van der Waals surface area contributed by atoms with Crippen LogP contribution in [0.1, 0.15) is 11.1 Å². The maximum absolute atomic E-state index is 13.1. The second-order valence-electron chi connectivity index (χ2n) is 4.78. The summed E-state index contributed by atoms with van der Waals surface area (Å²) in [5, 5.41) is 9.53. The van der Waals surface area contributed by atoms with Crippen molar-refractivity contribution in [1.29, 1.82) is 5.26 Å². The number of rotatable bonds is 3. The predicted octanol–water partition coefficient (Wildman–Crippen LogP) is 4.61. The topological polar surface area (TPSA) is 27.0 Å². The van der Waals surface area contributed by atoms with E-state index < -0.39 is 5.82 Å². The van der Waals surface area contributed by atoms with Crippen molar-refractivity contribution in [3.05, 3.63) is 64.4 Å². The van der Waals surface area contributed by atoms with Gasteiger partial charge in [-0.15, -0.1) is 0 Å². The molecule has 2 aromatic carbocycles. The van der Waals surface area contributed by atoms with Crippen molar-refractivity contribution in [2.24, 2.45) is 0 Å². The number of halogens is 2. The van der Waals surface area contributed by atoms with Gasteiger partial charge in [0.15, 0.2) is 0 Å². The third kappa shape index (κ3) is 3.62. The highest BCUT2D eigenvalue weighted by Crippen LogP contribution is 2.26. The summed E-state index contributed by atoms with van der Waals surface area (Å²) in [5.74, 6) is -0.420. The van der Waals surface area contributed by atoms with Gasteiger partial charge >= 0.3 is 0 Å². The van der Waals surface area contributed by atoms with E-state index in [-0.39, 0.29) is 5.02 Å². The SMILES string of the molecule is CN(C)c1ccc(/C=C(\C#N)c2ccc(F)cc2Cl)cc1. The van der Waals surface area contributed by atoms with E-state index in [0.717, 1.165) is 11.3 Å². The van der Waals surface area contributed by atoms with Gasteiger partial charge in [-0.2, -0.15) is 5.26 Å². The van der Waals surface area contributed by atoms with Gasteiger partial charge in [-0.05, 0) is 42.0 Å². The molecular weight excluding hydrogens is 287 g/mol. The summed E-state index contributed by atoms with van der Waals surface area (Å²) in [6.07, 6.45) is 1.73. The van der Waals surface area contributed by atoms with Crippen LogP contribution in [0, 0.1) is 17.1 Å². The third-order valence-electron chi connectivity index (χ3n) is 3.06. The lowest BCUT2D eigenvalue weighted by Crippen LogP contribution is -2.07. The maximum atomic E-state index is 13.1. The lowest BCUT2D eigenvalue weighted by Gasteiger charge is -2.12. The first-order valence-corrected chi connectivity index (χ1v) is 6.73. The van der Waals surface area contributed by atoms with Crippen LogP contribution in [-0.4, -0.2) is 14.1 Å². The molecule has 2 rings (SSSR count). The number of hydrogen-bond donors (Lipinski definition) is 0. The number of nitriles is 1. The molecule has 0 N–H and O–H groups in total. The van der Waals surface area contributed by atoms with Crippen LogP contribution in [-0.2, 0) is 0 Å². The van der Waals surface area contributed by atoms with Gasteiger partial charge in [-0.3, -0.25) is 0 Å². The average molecular weight is 301 g/mol. The minimum absolute atomic E-state index is 0.229. The van der Waals surface area contributed by atoms with Gasteiger partial charge in [0, 0.05) is 25.3 Å². The predicted molar refractivity (Wildman–Crippen MR) is 85.7 cm³/mol. The molecule has 0 saturated heterocycles. The van der Waals surface area contributed by atoms with Crippen LogP contribution in [0.3, 0.4) is 0 Å². The quantitative estimate of drug-likeness (QED) is 0.611.